The van der Waals surface area contributed by atoms with E-state index in [1.54, 1.807) is 12.5 Å². The summed E-state index contributed by atoms with van der Waals surface area (Å²) in [6.07, 6.45) is 3.38. The summed E-state index contributed by atoms with van der Waals surface area (Å²) >= 11 is 0. The monoisotopic (exact) mass is 235 g/mol. The maximum atomic E-state index is 9.10. The van der Waals surface area contributed by atoms with Gasteiger partial charge in [-0.3, -0.25) is 0 Å². The van der Waals surface area contributed by atoms with E-state index >= 15 is 0 Å². The highest BCUT2D eigenvalue weighted by Crippen LogP contribution is 2.23. The van der Waals surface area contributed by atoms with E-state index in [1.807, 2.05) is 30.5 Å². The molecular formula is C12H17N3O2. The largest absolute Gasteiger partial charge is 0.464 e. The summed E-state index contributed by atoms with van der Waals surface area (Å²) in [5.41, 5.74) is 6.62. The number of aromatic nitrogens is 2. The molecule has 0 saturated heterocycles. The fourth-order valence-corrected chi connectivity index (χ4v) is 1.83. The lowest BCUT2D eigenvalue weighted by molar-refractivity contribution is 0.261. The Hall–Kier alpha value is -1.59. The van der Waals surface area contributed by atoms with Gasteiger partial charge in [0.2, 0.25) is 0 Å². The quantitative estimate of drug-likeness (QED) is 0.839. The molecule has 5 nitrogen and oxygen atoms in total. The third kappa shape index (κ3) is 2.25. The van der Waals surface area contributed by atoms with Crippen molar-refractivity contribution < 1.29 is 9.52 Å². The Bertz CT molecular complexity index is 489. The number of rotatable bonds is 4. The molecule has 0 spiro atoms. The number of imidazole rings is 1. The van der Waals surface area contributed by atoms with Crippen LogP contribution < -0.4 is 5.73 Å². The second-order valence-electron chi connectivity index (χ2n) is 4.14. The molecular weight excluding hydrogens is 218 g/mol. The molecule has 3 N–H and O–H groups in total. The highest BCUT2D eigenvalue weighted by atomic mass is 16.3. The van der Waals surface area contributed by atoms with Gasteiger partial charge in [-0.25, -0.2) is 4.98 Å². The van der Waals surface area contributed by atoms with Crippen LogP contribution in [-0.4, -0.2) is 21.3 Å². The van der Waals surface area contributed by atoms with Gasteiger partial charge in [0.05, 0.1) is 30.7 Å². The minimum atomic E-state index is -0.420. The van der Waals surface area contributed by atoms with Gasteiger partial charge in [0.1, 0.15) is 11.5 Å². The summed E-state index contributed by atoms with van der Waals surface area (Å²) in [6, 6.07) is 3.46. The number of hydrogen-bond acceptors (Lipinski definition) is 4. The maximum absolute atomic E-state index is 9.10. The van der Waals surface area contributed by atoms with E-state index < -0.39 is 6.04 Å². The van der Waals surface area contributed by atoms with E-state index in [2.05, 4.69) is 4.98 Å². The standard InChI is InChI=1S/C12H17N3O2/c1-8-3-4-12(17-8)9(2)15-7-14-5-11(15)10(13)6-16/h3-5,7,9-10,16H,6,13H2,1-2H3. The van der Waals surface area contributed by atoms with E-state index in [0.717, 1.165) is 17.2 Å². The van der Waals surface area contributed by atoms with Crippen LogP contribution in [0.5, 0.6) is 0 Å². The summed E-state index contributed by atoms with van der Waals surface area (Å²) in [4.78, 5) is 4.07. The van der Waals surface area contributed by atoms with Crippen molar-refractivity contribution in [1.82, 2.24) is 9.55 Å². The van der Waals surface area contributed by atoms with Crippen molar-refractivity contribution in [3.05, 3.63) is 41.9 Å². The predicted molar refractivity (Wildman–Crippen MR) is 63.5 cm³/mol. The first-order valence-corrected chi connectivity index (χ1v) is 5.58. The zero-order valence-electron chi connectivity index (χ0n) is 10.00. The molecule has 17 heavy (non-hydrogen) atoms. The van der Waals surface area contributed by atoms with Gasteiger partial charge in [0.25, 0.3) is 0 Å². The third-order valence-electron chi connectivity index (χ3n) is 2.86. The SMILES string of the molecule is Cc1ccc(C(C)n2cncc2C(N)CO)o1. The maximum Gasteiger partial charge on any atom is 0.126 e. The highest BCUT2D eigenvalue weighted by molar-refractivity contribution is 5.14. The van der Waals surface area contributed by atoms with Gasteiger partial charge in [-0.05, 0) is 26.0 Å². The van der Waals surface area contributed by atoms with Crippen LogP contribution in [0.15, 0.2) is 29.1 Å². The van der Waals surface area contributed by atoms with Crippen LogP contribution in [0.1, 0.15) is 36.2 Å². The minimum Gasteiger partial charge on any atom is -0.464 e. The third-order valence-corrected chi connectivity index (χ3v) is 2.86. The number of aliphatic hydroxyl groups is 1. The van der Waals surface area contributed by atoms with Crippen molar-refractivity contribution in [1.29, 1.82) is 0 Å². The van der Waals surface area contributed by atoms with Crippen LogP contribution in [0.3, 0.4) is 0 Å². The molecule has 2 aromatic heterocycles. The first-order chi connectivity index (χ1) is 8.13. The zero-order valence-corrected chi connectivity index (χ0v) is 10.00. The molecule has 92 valence electrons. The highest BCUT2D eigenvalue weighted by Gasteiger charge is 2.17. The van der Waals surface area contributed by atoms with Gasteiger partial charge < -0.3 is 19.8 Å². The summed E-state index contributed by atoms with van der Waals surface area (Å²) in [5, 5.41) is 9.10. The van der Waals surface area contributed by atoms with Crippen molar-refractivity contribution in [2.75, 3.05) is 6.61 Å². The predicted octanol–water partition coefficient (Wildman–Crippen LogP) is 1.39. The van der Waals surface area contributed by atoms with Crippen LogP contribution in [0, 0.1) is 6.92 Å². The van der Waals surface area contributed by atoms with Crippen LogP contribution in [-0.2, 0) is 0 Å². The summed E-state index contributed by atoms with van der Waals surface area (Å²) < 4.78 is 7.50. The second kappa shape index (κ2) is 4.73. The Morgan fingerprint density at radius 1 is 1.53 bits per heavy atom. The average Bonchev–Trinajstić information content (AvgIpc) is 2.95. The topological polar surface area (TPSA) is 77.2 Å². The molecule has 0 fully saturated rings. The number of nitrogens with two attached hydrogens (primary N) is 1. The van der Waals surface area contributed by atoms with Crippen LogP contribution in [0.25, 0.3) is 0 Å². The van der Waals surface area contributed by atoms with Crippen LogP contribution >= 0.6 is 0 Å². The smallest absolute Gasteiger partial charge is 0.126 e. The lowest BCUT2D eigenvalue weighted by Crippen LogP contribution is -2.20. The van der Waals surface area contributed by atoms with E-state index in [1.165, 1.54) is 0 Å². The number of aryl methyl sites for hydroxylation is 1. The van der Waals surface area contributed by atoms with Gasteiger partial charge in [0.15, 0.2) is 0 Å². The fourth-order valence-electron chi connectivity index (χ4n) is 1.83. The fraction of sp³-hybridized carbons (Fsp3) is 0.417. The molecule has 2 heterocycles. The molecule has 0 radical (unpaired) electrons. The molecule has 2 rings (SSSR count). The van der Waals surface area contributed by atoms with Crippen molar-refractivity contribution in [3.8, 4) is 0 Å². The molecule has 0 amide bonds. The number of aliphatic hydroxyl groups excluding tert-OH is 1. The van der Waals surface area contributed by atoms with Crippen LogP contribution in [0.2, 0.25) is 0 Å². The van der Waals surface area contributed by atoms with Gasteiger partial charge >= 0.3 is 0 Å². The van der Waals surface area contributed by atoms with E-state index in [9.17, 15) is 0 Å². The van der Waals surface area contributed by atoms with E-state index in [0.29, 0.717) is 0 Å². The van der Waals surface area contributed by atoms with Crippen LogP contribution in [0.4, 0.5) is 0 Å². The Kier molecular flexibility index (Phi) is 3.31. The lowest BCUT2D eigenvalue weighted by atomic mass is 10.2. The van der Waals surface area contributed by atoms with Gasteiger partial charge in [-0.1, -0.05) is 0 Å². The lowest BCUT2D eigenvalue weighted by Gasteiger charge is -2.17. The molecule has 2 atom stereocenters. The average molecular weight is 235 g/mol. The Labute approximate surface area is 99.9 Å². The number of nitrogens with zero attached hydrogens (tertiary/aromatic N) is 2. The Morgan fingerprint density at radius 3 is 2.88 bits per heavy atom. The minimum absolute atomic E-state index is 0.0128. The van der Waals surface area contributed by atoms with Crippen molar-refractivity contribution in [2.45, 2.75) is 25.9 Å². The van der Waals surface area contributed by atoms with Gasteiger partial charge in [-0.2, -0.15) is 0 Å². The number of furan rings is 1. The second-order valence-corrected chi connectivity index (χ2v) is 4.14. The normalized spacial score (nSPS) is 14.8. The van der Waals surface area contributed by atoms with E-state index in [4.69, 9.17) is 15.3 Å². The Morgan fingerprint density at radius 2 is 2.29 bits per heavy atom. The summed E-state index contributed by atoms with van der Waals surface area (Å²) in [6.45, 7) is 3.81. The van der Waals surface area contributed by atoms with Crippen molar-refractivity contribution in [3.63, 3.8) is 0 Å². The zero-order chi connectivity index (χ0) is 12.4. The summed E-state index contributed by atoms with van der Waals surface area (Å²) in [7, 11) is 0. The molecule has 0 aliphatic rings. The molecule has 0 bridgehead atoms. The molecule has 0 aromatic carbocycles. The Balaban J connectivity index is 2.31. The van der Waals surface area contributed by atoms with Crippen molar-refractivity contribution in [2.24, 2.45) is 5.73 Å². The molecule has 0 saturated carbocycles. The molecule has 0 aliphatic heterocycles. The molecule has 5 heteroatoms. The van der Waals surface area contributed by atoms with Gasteiger partial charge in [-0.15, -0.1) is 0 Å². The first kappa shape index (κ1) is 11.9. The molecule has 2 unspecified atom stereocenters. The molecule has 0 aliphatic carbocycles. The van der Waals surface area contributed by atoms with E-state index in [-0.39, 0.29) is 12.6 Å². The summed E-state index contributed by atoms with van der Waals surface area (Å²) in [5.74, 6) is 1.73. The molecule has 2 aromatic rings. The number of hydrogen-bond donors (Lipinski definition) is 2. The first-order valence-electron chi connectivity index (χ1n) is 5.58. The van der Waals surface area contributed by atoms with Gasteiger partial charge in [0, 0.05) is 6.20 Å². The van der Waals surface area contributed by atoms with Crippen molar-refractivity contribution >= 4 is 0 Å².